The standard InChI is InChI=1S/C12H17BrN2O2S/c1-12(2)9-14-6-7-18(16,17)15(12)11-5-3-4-10(13)8-11/h3-5,8,14H,6-7,9H2,1-2H3. The van der Waals surface area contributed by atoms with Gasteiger partial charge in [0, 0.05) is 17.6 Å². The van der Waals surface area contributed by atoms with Gasteiger partial charge in [-0.1, -0.05) is 22.0 Å². The van der Waals surface area contributed by atoms with Crippen molar-refractivity contribution in [1.82, 2.24) is 5.32 Å². The van der Waals surface area contributed by atoms with Crippen LogP contribution in [0, 0.1) is 0 Å². The predicted octanol–water partition coefficient (Wildman–Crippen LogP) is 1.97. The lowest BCUT2D eigenvalue weighted by atomic mass is 10.1. The third-order valence-corrected chi connectivity index (χ3v) is 5.44. The molecule has 0 aliphatic carbocycles. The van der Waals surface area contributed by atoms with E-state index in [4.69, 9.17) is 0 Å². The SMILES string of the molecule is CC1(C)CNCCS(=O)(=O)N1c1cccc(Br)c1. The van der Waals surface area contributed by atoms with E-state index in [0.29, 0.717) is 18.8 Å². The number of hydrogen-bond donors (Lipinski definition) is 1. The molecule has 6 heteroatoms. The van der Waals surface area contributed by atoms with Crippen molar-refractivity contribution in [1.29, 1.82) is 0 Å². The van der Waals surface area contributed by atoms with Crippen LogP contribution < -0.4 is 9.62 Å². The van der Waals surface area contributed by atoms with E-state index in [1.54, 1.807) is 0 Å². The summed E-state index contributed by atoms with van der Waals surface area (Å²) in [5.74, 6) is 0.128. The molecular formula is C12H17BrN2O2S. The van der Waals surface area contributed by atoms with Gasteiger partial charge in [0.1, 0.15) is 0 Å². The van der Waals surface area contributed by atoms with Crippen LogP contribution in [0.3, 0.4) is 0 Å². The number of nitrogens with one attached hydrogen (secondary N) is 1. The molecule has 0 spiro atoms. The molecule has 18 heavy (non-hydrogen) atoms. The van der Waals surface area contributed by atoms with Crippen molar-refractivity contribution < 1.29 is 8.42 Å². The molecule has 0 atom stereocenters. The molecule has 1 aromatic rings. The van der Waals surface area contributed by atoms with Gasteiger partial charge in [0.05, 0.1) is 17.0 Å². The summed E-state index contributed by atoms with van der Waals surface area (Å²) < 4.78 is 27.2. The lowest BCUT2D eigenvalue weighted by molar-refractivity contribution is 0.482. The molecule has 0 aromatic heterocycles. The number of sulfonamides is 1. The third-order valence-electron chi connectivity index (χ3n) is 2.97. The quantitative estimate of drug-likeness (QED) is 0.855. The molecule has 1 heterocycles. The minimum absolute atomic E-state index is 0.128. The van der Waals surface area contributed by atoms with Gasteiger partial charge in [0.2, 0.25) is 10.0 Å². The second kappa shape index (κ2) is 4.83. The Labute approximate surface area is 117 Å². The van der Waals surface area contributed by atoms with Crippen molar-refractivity contribution in [3.63, 3.8) is 0 Å². The molecule has 0 amide bonds. The van der Waals surface area contributed by atoms with E-state index < -0.39 is 15.6 Å². The average molecular weight is 333 g/mol. The Morgan fingerprint density at radius 1 is 1.39 bits per heavy atom. The largest absolute Gasteiger partial charge is 0.313 e. The number of hydrogen-bond acceptors (Lipinski definition) is 3. The molecular weight excluding hydrogens is 316 g/mol. The summed E-state index contributed by atoms with van der Waals surface area (Å²) in [6.45, 7) is 5.00. The van der Waals surface area contributed by atoms with Gasteiger partial charge in [0.15, 0.2) is 0 Å². The van der Waals surface area contributed by atoms with Crippen LogP contribution in [-0.4, -0.2) is 32.8 Å². The molecule has 4 nitrogen and oxygen atoms in total. The van der Waals surface area contributed by atoms with E-state index in [1.165, 1.54) is 4.31 Å². The molecule has 2 rings (SSSR count). The third kappa shape index (κ3) is 2.70. The first-order valence-electron chi connectivity index (χ1n) is 5.82. The van der Waals surface area contributed by atoms with Crippen molar-refractivity contribution in [2.45, 2.75) is 19.4 Å². The first-order valence-corrected chi connectivity index (χ1v) is 8.22. The zero-order chi connectivity index (χ0) is 13.4. The highest BCUT2D eigenvalue weighted by atomic mass is 79.9. The van der Waals surface area contributed by atoms with E-state index in [2.05, 4.69) is 21.2 Å². The smallest absolute Gasteiger partial charge is 0.236 e. The summed E-state index contributed by atoms with van der Waals surface area (Å²) in [5, 5.41) is 3.17. The van der Waals surface area contributed by atoms with E-state index in [-0.39, 0.29) is 5.75 Å². The minimum atomic E-state index is -3.29. The second-order valence-electron chi connectivity index (χ2n) is 5.05. The van der Waals surface area contributed by atoms with Crippen molar-refractivity contribution in [3.05, 3.63) is 28.7 Å². The molecule has 0 unspecified atom stereocenters. The second-order valence-corrected chi connectivity index (χ2v) is 7.90. The predicted molar refractivity (Wildman–Crippen MR) is 77.4 cm³/mol. The topological polar surface area (TPSA) is 49.4 Å². The molecule has 0 radical (unpaired) electrons. The van der Waals surface area contributed by atoms with Gasteiger partial charge in [-0.15, -0.1) is 0 Å². The van der Waals surface area contributed by atoms with Crippen LogP contribution in [-0.2, 0) is 10.0 Å². The Morgan fingerprint density at radius 3 is 2.78 bits per heavy atom. The fraction of sp³-hybridized carbons (Fsp3) is 0.500. The highest BCUT2D eigenvalue weighted by molar-refractivity contribution is 9.10. The van der Waals surface area contributed by atoms with Gasteiger partial charge in [0.25, 0.3) is 0 Å². The fourth-order valence-electron chi connectivity index (χ4n) is 2.25. The number of benzene rings is 1. The van der Waals surface area contributed by atoms with Crippen LogP contribution in [0.5, 0.6) is 0 Å². The molecule has 0 bridgehead atoms. The van der Waals surface area contributed by atoms with Gasteiger partial charge in [-0.05, 0) is 32.0 Å². The summed E-state index contributed by atoms with van der Waals surface area (Å²) in [4.78, 5) is 0. The normalized spacial score (nSPS) is 22.5. The van der Waals surface area contributed by atoms with Crippen LogP contribution >= 0.6 is 15.9 Å². The summed E-state index contributed by atoms with van der Waals surface area (Å²) in [6.07, 6.45) is 0. The lowest BCUT2D eigenvalue weighted by Gasteiger charge is -2.37. The van der Waals surface area contributed by atoms with Crippen molar-refractivity contribution in [3.8, 4) is 0 Å². The monoisotopic (exact) mass is 332 g/mol. The highest BCUT2D eigenvalue weighted by Gasteiger charge is 2.38. The van der Waals surface area contributed by atoms with Gasteiger partial charge < -0.3 is 5.32 Å². The van der Waals surface area contributed by atoms with E-state index in [9.17, 15) is 8.42 Å². The summed E-state index contributed by atoms with van der Waals surface area (Å²) in [7, 11) is -3.29. The maximum absolute atomic E-state index is 12.4. The van der Waals surface area contributed by atoms with Crippen LogP contribution in [0.15, 0.2) is 28.7 Å². The minimum Gasteiger partial charge on any atom is -0.313 e. The molecule has 1 aromatic carbocycles. The molecule has 1 saturated heterocycles. The Bertz CT molecular complexity index is 543. The van der Waals surface area contributed by atoms with Gasteiger partial charge >= 0.3 is 0 Å². The van der Waals surface area contributed by atoms with Gasteiger partial charge in [-0.25, -0.2) is 8.42 Å². The van der Waals surface area contributed by atoms with E-state index in [1.807, 2.05) is 38.1 Å². The lowest BCUT2D eigenvalue weighted by Crippen LogP contribution is -2.51. The first-order chi connectivity index (χ1) is 8.33. The summed E-state index contributed by atoms with van der Waals surface area (Å²) in [6, 6.07) is 7.41. The summed E-state index contributed by atoms with van der Waals surface area (Å²) in [5.41, 5.74) is 0.230. The van der Waals surface area contributed by atoms with Crippen molar-refractivity contribution >= 4 is 31.6 Å². The van der Waals surface area contributed by atoms with Crippen molar-refractivity contribution in [2.75, 3.05) is 23.1 Å². The number of halogens is 1. The summed E-state index contributed by atoms with van der Waals surface area (Å²) >= 11 is 3.39. The fourth-order valence-corrected chi connectivity index (χ4v) is 4.47. The van der Waals surface area contributed by atoms with Crippen LogP contribution in [0.25, 0.3) is 0 Å². The van der Waals surface area contributed by atoms with Gasteiger partial charge in [-0.3, -0.25) is 4.31 Å². The molecule has 1 fully saturated rings. The van der Waals surface area contributed by atoms with E-state index in [0.717, 1.165) is 4.47 Å². The Kier molecular flexibility index (Phi) is 3.71. The Morgan fingerprint density at radius 2 is 2.11 bits per heavy atom. The average Bonchev–Trinajstić information content (AvgIpc) is 2.33. The number of rotatable bonds is 1. The van der Waals surface area contributed by atoms with Crippen LogP contribution in [0.1, 0.15) is 13.8 Å². The van der Waals surface area contributed by atoms with Crippen LogP contribution in [0.2, 0.25) is 0 Å². The van der Waals surface area contributed by atoms with Crippen molar-refractivity contribution in [2.24, 2.45) is 0 Å². The molecule has 1 aliphatic heterocycles. The highest BCUT2D eigenvalue weighted by Crippen LogP contribution is 2.30. The molecule has 1 aliphatic rings. The number of anilines is 1. The van der Waals surface area contributed by atoms with Crippen LogP contribution in [0.4, 0.5) is 5.69 Å². The maximum atomic E-state index is 12.4. The van der Waals surface area contributed by atoms with Gasteiger partial charge in [-0.2, -0.15) is 0 Å². The molecule has 1 N–H and O–H groups in total. The Balaban J connectivity index is 2.55. The zero-order valence-electron chi connectivity index (χ0n) is 10.5. The van der Waals surface area contributed by atoms with E-state index >= 15 is 0 Å². The Hall–Kier alpha value is -0.590. The first kappa shape index (κ1) is 13.8. The molecule has 100 valence electrons. The number of nitrogens with zero attached hydrogens (tertiary/aromatic N) is 1. The zero-order valence-corrected chi connectivity index (χ0v) is 12.9. The molecule has 0 saturated carbocycles. The maximum Gasteiger partial charge on any atom is 0.236 e.